The largest absolute Gasteiger partial charge is 4.00 e. The summed E-state index contributed by atoms with van der Waals surface area (Å²) in [4.78, 5) is 0. The average molecular weight is 333 g/mol. The second kappa shape index (κ2) is 8.14. The summed E-state index contributed by atoms with van der Waals surface area (Å²) in [5.41, 5.74) is 1.33. The fourth-order valence-electron chi connectivity index (χ4n) is 2.08. The minimum absolute atomic E-state index is 0. The SMILES string of the molecule is Cc1ccc2c(c1)[cH-]c1ccccc12.[Cl-].[Cl-].[Cl-].[Ti+4]. The van der Waals surface area contributed by atoms with E-state index in [2.05, 4.69) is 55.5 Å². The molecule has 0 amide bonds. The van der Waals surface area contributed by atoms with Crippen LogP contribution in [0, 0.1) is 6.92 Å². The molecule has 0 saturated heterocycles. The number of halogens is 3. The second-order valence-corrected chi connectivity index (χ2v) is 3.82. The Morgan fingerprint density at radius 1 is 0.778 bits per heavy atom. The van der Waals surface area contributed by atoms with E-state index in [4.69, 9.17) is 0 Å². The van der Waals surface area contributed by atoms with Crippen LogP contribution in [0.5, 0.6) is 0 Å². The van der Waals surface area contributed by atoms with Crippen molar-refractivity contribution < 1.29 is 58.9 Å². The van der Waals surface area contributed by atoms with Crippen molar-refractivity contribution in [2.75, 3.05) is 0 Å². The van der Waals surface area contributed by atoms with E-state index in [9.17, 15) is 0 Å². The van der Waals surface area contributed by atoms with Crippen molar-refractivity contribution in [3.63, 3.8) is 0 Å². The van der Waals surface area contributed by atoms with Crippen LogP contribution in [-0.2, 0) is 21.7 Å². The van der Waals surface area contributed by atoms with E-state index >= 15 is 0 Å². The Kier molecular flexibility index (Phi) is 9.15. The van der Waals surface area contributed by atoms with Crippen LogP contribution in [0.1, 0.15) is 5.56 Å². The van der Waals surface area contributed by atoms with Crippen molar-refractivity contribution in [3.8, 4) is 0 Å². The maximum atomic E-state index is 2.26. The Morgan fingerprint density at radius 3 is 2.11 bits per heavy atom. The topological polar surface area (TPSA) is 0 Å². The second-order valence-electron chi connectivity index (χ2n) is 3.82. The van der Waals surface area contributed by atoms with Gasteiger partial charge in [0.1, 0.15) is 0 Å². The molecule has 3 rings (SSSR count). The summed E-state index contributed by atoms with van der Waals surface area (Å²) >= 11 is 0. The monoisotopic (exact) mass is 332 g/mol. The number of rotatable bonds is 0. The standard InChI is InChI=1S/C14H11.3ClH.Ti/c1-10-6-7-14-12(8-10)9-11-4-2-3-5-13(11)14;;;;/h2-9H,1H3;3*1H;/q-1;;;;+4/p-3. The number of fused-ring (bicyclic) bond motifs is 3. The number of hydrogen-bond donors (Lipinski definition) is 0. The van der Waals surface area contributed by atoms with Crippen LogP contribution in [0.4, 0.5) is 0 Å². The van der Waals surface area contributed by atoms with E-state index < -0.39 is 0 Å². The van der Waals surface area contributed by atoms with Gasteiger partial charge in [0.25, 0.3) is 0 Å². The fraction of sp³-hybridized carbons (Fsp3) is 0.0714. The van der Waals surface area contributed by atoms with Gasteiger partial charge in [0, 0.05) is 0 Å². The van der Waals surface area contributed by atoms with Crippen LogP contribution in [-0.4, -0.2) is 0 Å². The minimum atomic E-state index is 0. The van der Waals surface area contributed by atoms with Gasteiger partial charge in [0.2, 0.25) is 0 Å². The summed E-state index contributed by atoms with van der Waals surface area (Å²) in [6.07, 6.45) is 0. The number of benzene rings is 2. The Balaban J connectivity index is 0. The molecular formula is C14H11Cl3Ti. The van der Waals surface area contributed by atoms with Crippen LogP contribution in [0.25, 0.3) is 21.5 Å². The molecule has 0 atom stereocenters. The zero-order valence-corrected chi connectivity index (χ0v) is 13.6. The first-order valence-electron chi connectivity index (χ1n) is 4.89. The first-order valence-corrected chi connectivity index (χ1v) is 4.89. The number of aryl methyl sites for hydroxylation is 1. The third-order valence-electron chi connectivity index (χ3n) is 2.77. The molecule has 3 aromatic rings. The molecule has 0 heterocycles. The predicted molar refractivity (Wildman–Crippen MR) is 61.8 cm³/mol. The third-order valence-corrected chi connectivity index (χ3v) is 2.77. The molecule has 18 heavy (non-hydrogen) atoms. The van der Waals surface area contributed by atoms with Crippen LogP contribution in [0.2, 0.25) is 0 Å². The maximum absolute atomic E-state index is 2.26. The van der Waals surface area contributed by atoms with Crippen LogP contribution >= 0.6 is 0 Å². The van der Waals surface area contributed by atoms with Gasteiger partial charge in [-0.25, -0.2) is 0 Å². The molecule has 0 radical (unpaired) electrons. The molecule has 0 nitrogen and oxygen atoms in total. The van der Waals surface area contributed by atoms with E-state index in [0.717, 1.165) is 0 Å². The van der Waals surface area contributed by atoms with Crippen LogP contribution in [0.3, 0.4) is 0 Å². The van der Waals surface area contributed by atoms with E-state index in [0.29, 0.717) is 0 Å². The summed E-state index contributed by atoms with van der Waals surface area (Å²) in [5, 5.41) is 5.42. The van der Waals surface area contributed by atoms with Gasteiger partial charge in [-0.05, 0) is 6.92 Å². The van der Waals surface area contributed by atoms with Crippen molar-refractivity contribution in [1.82, 2.24) is 0 Å². The van der Waals surface area contributed by atoms with E-state index in [1.807, 2.05) is 0 Å². The third kappa shape index (κ3) is 3.47. The molecule has 0 aromatic heterocycles. The van der Waals surface area contributed by atoms with Gasteiger partial charge in [0.15, 0.2) is 0 Å². The Hall–Kier alpha value is -0.106. The Morgan fingerprint density at radius 2 is 1.39 bits per heavy atom. The average Bonchev–Trinajstić information content (AvgIpc) is 2.54. The van der Waals surface area contributed by atoms with Crippen molar-refractivity contribution in [3.05, 3.63) is 54.1 Å². The Labute approximate surface area is 141 Å². The van der Waals surface area contributed by atoms with Gasteiger partial charge in [-0.2, -0.15) is 0 Å². The summed E-state index contributed by atoms with van der Waals surface area (Å²) < 4.78 is 0. The number of hydrogen-bond acceptors (Lipinski definition) is 0. The molecule has 0 saturated carbocycles. The molecule has 4 heteroatoms. The van der Waals surface area contributed by atoms with Crippen molar-refractivity contribution in [1.29, 1.82) is 0 Å². The van der Waals surface area contributed by atoms with E-state index in [1.165, 1.54) is 27.1 Å². The normalized spacial score (nSPS) is 8.72. The molecule has 0 aliphatic rings. The zero-order chi connectivity index (χ0) is 9.54. The first kappa shape index (κ1) is 20.2. The summed E-state index contributed by atoms with van der Waals surface area (Å²) in [5.74, 6) is 0. The van der Waals surface area contributed by atoms with Crippen molar-refractivity contribution >= 4 is 21.5 Å². The molecule has 0 unspecified atom stereocenters. The summed E-state index contributed by atoms with van der Waals surface area (Å²) in [6.45, 7) is 2.14. The molecular weight excluding hydrogens is 322 g/mol. The molecule has 0 bridgehead atoms. The fourth-order valence-corrected chi connectivity index (χ4v) is 2.08. The van der Waals surface area contributed by atoms with E-state index in [-0.39, 0.29) is 58.9 Å². The molecule has 0 spiro atoms. The molecule has 0 aliphatic carbocycles. The Bertz CT molecular complexity index is 617. The molecule has 0 fully saturated rings. The predicted octanol–water partition coefficient (Wildman–Crippen LogP) is -4.97. The summed E-state index contributed by atoms with van der Waals surface area (Å²) in [6, 6.07) is 17.4. The summed E-state index contributed by atoms with van der Waals surface area (Å²) in [7, 11) is 0. The van der Waals surface area contributed by atoms with Gasteiger partial charge < -0.3 is 37.2 Å². The molecule has 0 N–H and O–H groups in total. The van der Waals surface area contributed by atoms with Gasteiger partial charge >= 0.3 is 21.7 Å². The minimum Gasteiger partial charge on any atom is -1.00 e. The van der Waals surface area contributed by atoms with Crippen molar-refractivity contribution in [2.24, 2.45) is 0 Å². The van der Waals surface area contributed by atoms with E-state index in [1.54, 1.807) is 0 Å². The van der Waals surface area contributed by atoms with Gasteiger partial charge in [-0.1, -0.05) is 35.9 Å². The molecule has 3 aromatic carbocycles. The molecule has 0 aliphatic heterocycles. The van der Waals surface area contributed by atoms with Crippen molar-refractivity contribution in [2.45, 2.75) is 6.92 Å². The maximum Gasteiger partial charge on any atom is 4.00 e. The van der Waals surface area contributed by atoms with Gasteiger partial charge in [0.05, 0.1) is 0 Å². The van der Waals surface area contributed by atoms with Crippen LogP contribution in [0.15, 0.2) is 48.5 Å². The first-order chi connectivity index (χ1) is 6.84. The van der Waals surface area contributed by atoms with Gasteiger partial charge in [-0.15, -0.1) is 39.7 Å². The molecule has 92 valence electrons. The van der Waals surface area contributed by atoms with Gasteiger partial charge in [-0.3, -0.25) is 0 Å². The smallest absolute Gasteiger partial charge is 1.00 e. The zero-order valence-electron chi connectivity index (χ0n) is 9.75. The van der Waals surface area contributed by atoms with Crippen LogP contribution < -0.4 is 37.2 Å². The quantitative estimate of drug-likeness (QED) is 0.286.